The first-order valence-corrected chi connectivity index (χ1v) is 9.61. The molecule has 4 heteroatoms. The molecule has 0 aliphatic carbocycles. The first-order chi connectivity index (χ1) is 9.00. The van der Waals surface area contributed by atoms with E-state index in [-0.39, 0.29) is 5.04 Å². The fourth-order valence-electron chi connectivity index (χ4n) is 4.03. The van der Waals surface area contributed by atoms with Gasteiger partial charge in [0, 0.05) is 19.3 Å². The molecule has 0 unspecified atom stereocenters. The van der Waals surface area contributed by atoms with Crippen LogP contribution in [0.3, 0.4) is 0 Å². The highest BCUT2D eigenvalue weighted by Crippen LogP contribution is 2.49. The van der Waals surface area contributed by atoms with Crippen LogP contribution in [0.2, 0.25) is 5.04 Å². The third-order valence-corrected chi connectivity index (χ3v) is 9.57. The number of piperidine rings is 1. The van der Waals surface area contributed by atoms with Gasteiger partial charge >= 0.3 is 8.72 Å². The molecule has 1 saturated heterocycles. The van der Waals surface area contributed by atoms with Gasteiger partial charge in [0.15, 0.2) is 0 Å². The highest BCUT2D eigenvalue weighted by molar-refractivity contribution is 6.67. The molecule has 19 heavy (non-hydrogen) atoms. The van der Waals surface area contributed by atoms with E-state index in [2.05, 4.69) is 32.3 Å². The Morgan fingerprint density at radius 3 is 1.84 bits per heavy atom. The second-order valence-corrected chi connectivity index (χ2v) is 10.2. The maximum absolute atomic E-state index is 6.12. The lowest BCUT2D eigenvalue weighted by Crippen LogP contribution is -2.66. The first-order valence-electron chi connectivity index (χ1n) is 7.85. The van der Waals surface area contributed by atoms with Crippen LogP contribution in [0.5, 0.6) is 0 Å². The maximum Gasteiger partial charge on any atom is 0.433 e. The van der Waals surface area contributed by atoms with Crippen LogP contribution in [0.25, 0.3) is 0 Å². The zero-order chi connectivity index (χ0) is 14.5. The molecule has 0 aromatic heterocycles. The predicted octanol–water partition coefficient (Wildman–Crippen LogP) is 3.92. The van der Waals surface area contributed by atoms with E-state index in [9.17, 15) is 0 Å². The zero-order valence-corrected chi connectivity index (χ0v) is 14.8. The Morgan fingerprint density at radius 2 is 1.47 bits per heavy atom. The molecule has 1 aliphatic rings. The predicted molar refractivity (Wildman–Crippen MR) is 83.3 cm³/mol. The number of hydrogen-bond donors (Lipinski definition) is 0. The minimum Gasteiger partial charge on any atom is -0.386 e. The van der Waals surface area contributed by atoms with Crippen molar-refractivity contribution in [2.45, 2.75) is 64.8 Å². The van der Waals surface area contributed by atoms with Crippen LogP contribution in [0.1, 0.15) is 59.8 Å². The fraction of sp³-hybridized carbons (Fsp3) is 1.00. The van der Waals surface area contributed by atoms with Crippen molar-refractivity contribution in [2.75, 3.05) is 27.3 Å². The van der Waals surface area contributed by atoms with Crippen molar-refractivity contribution in [3.8, 4) is 0 Å². The van der Waals surface area contributed by atoms with Crippen LogP contribution in [0, 0.1) is 5.92 Å². The van der Waals surface area contributed by atoms with E-state index in [0.717, 1.165) is 13.1 Å². The molecule has 0 bridgehead atoms. The molecule has 0 aromatic rings. The largest absolute Gasteiger partial charge is 0.433 e. The number of nitrogens with zero attached hydrogens (tertiary/aromatic N) is 1. The van der Waals surface area contributed by atoms with Crippen molar-refractivity contribution in [1.82, 2.24) is 4.57 Å². The molecule has 1 heterocycles. The molecule has 0 amide bonds. The highest BCUT2D eigenvalue weighted by atomic mass is 28.4. The van der Waals surface area contributed by atoms with Gasteiger partial charge in [-0.15, -0.1) is 0 Å². The fourth-order valence-corrected chi connectivity index (χ4v) is 8.41. The van der Waals surface area contributed by atoms with Crippen molar-refractivity contribution < 1.29 is 8.85 Å². The highest BCUT2D eigenvalue weighted by Gasteiger charge is 2.58. The van der Waals surface area contributed by atoms with Crippen LogP contribution in [0.4, 0.5) is 0 Å². The maximum atomic E-state index is 6.12. The average Bonchev–Trinajstić information content (AvgIpc) is 2.42. The summed E-state index contributed by atoms with van der Waals surface area (Å²) in [6.45, 7) is 11.6. The molecule has 0 N–H and O–H groups in total. The quantitative estimate of drug-likeness (QED) is 0.662. The summed E-state index contributed by atoms with van der Waals surface area (Å²) in [7, 11) is 1.37. The second kappa shape index (κ2) is 7.20. The SMILES string of the molecule is CCC(CC)C(C)(C)[Si](OC)(OC)N1CCCCC1. The van der Waals surface area contributed by atoms with Crippen molar-refractivity contribution in [3.63, 3.8) is 0 Å². The summed E-state index contributed by atoms with van der Waals surface area (Å²) in [6, 6.07) is 0. The minimum atomic E-state index is -2.34. The molecule has 0 atom stereocenters. The summed E-state index contributed by atoms with van der Waals surface area (Å²) in [6.07, 6.45) is 6.29. The zero-order valence-electron chi connectivity index (χ0n) is 13.8. The van der Waals surface area contributed by atoms with Crippen LogP contribution in [0.15, 0.2) is 0 Å². The Balaban J connectivity index is 3.08. The molecule has 0 saturated carbocycles. The molecular formula is C15H33NO2Si. The van der Waals surface area contributed by atoms with E-state index < -0.39 is 8.72 Å². The van der Waals surface area contributed by atoms with Gasteiger partial charge in [0.2, 0.25) is 0 Å². The van der Waals surface area contributed by atoms with E-state index in [1.165, 1.54) is 32.1 Å². The van der Waals surface area contributed by atoms with Gasteiger partial charge in [0.05, 0.1) is 0 Å². The van der Waals surface area contributed by atoms with E-state index in [1.807, 2.05) is 14.2 Å². The smallest absolute Gasteiger partial charge is 0.386 e. The van der Waals surface area contributed by atoms with Gasteiger partial charge in [-0.1, -0.05) is 47.0 Å². The van der Waals surface area contributed by atoms with E-state index in [1.54, 1.807) is 0 Å². The van der Waals surface area contributed by atoms with Crippen molar-refractivity contribution >= 4 is 8.72 Å². The number of rotatable bonds is 7. The topological polar surface area (TPSA) is 21.7 Å². The van der Waals surface area contributed by atoms with Crippen LogP contribution < -0.4 is 0 Å². The molecule has 114 valence electrons. The van der Waals surface area contributed by atoms with Gasteiger partial charge in [-0.25, -0.2) is 0 Å². The minimum absolute atomic E-state index is 0.108. The molecular weight excluding hydrogens is 254 g/mol. The number of hydrogen-bond acceptors (Lipinski definition) is 3. The normalized spacial score (nSPS) is 19.1. The summed E-state index contributed by atoms with van der Waals surface area (Å²) >= 11 is 0. The Kier molecular flexibility index (Phi) is 6.50. The van der Waals surface area contributed by atoms with Gasteiger partial charge in [0.1, 0.15) is 0 Å². The lowest BCUT2D eigenvalue weighted by molar-refractivity contribution is 0.104. The van der Waals surface area contributed by atoms with Crippen molar-refractivity contribution in [1.29, 1.82) is 0 Å². The van der Waals surface area contributed by atoms with Gasteiger partial charge in [-0.2, -0.15) is 0 Å². The Bertz CT molecular complexity index is 257. The van der Waals surface area contributed by atoms with Gasteiger partial charge in [-0.05, 0) is 31.8 Å². The summed E-state index contributed by atoms with van der Waals surface area (Å²) in [4.78, 5) is 0. The molecule has 1 rings (SSSR count). The second-order valence-electron chi connectivity index (χ2n) is 6.27. The molecule has 3 nitrogen and oxygen atoms in total. The van der Waals surface area contributed by atoms with Crippen molar-refractivity contribution in [3.05, 3.63) is 0 Å². The Hall–Kier alpha value is 0.0969. The molecule has 0 radical (unpaired) electrons. The van der Waals surface area contributed by atoms with Gasteiger partial charge < -0.3 is 8.85 Å². The van der Waals surface area contributed by atoms with E-state index in [4.69, 9.17) is 8.85 Å². The van der Waals surface area contributed by atoms with E-state index in [0.29, 0.717) is 5.92 Å². The summed E-state index contributed by atoms with van der Waals surface area (Å²) in [5.41, 5.74) is 0. The Morgan fingerprint density at radius 1 is 1.00 bits per heavy atom. The lowest BCUT2D eigenvalue weighted by Gasteiger charge is -2.51. The Labute approximate surface area is 121 Å². The standard InChI is InChI=1S/C15H33NO2Si/c1-7-14(8-2)15(3,4)19(17-5,18-6)16-12-10-9-11-13-16/h14H,7-13H2,1-6H3. The molecule has 1 aliphatic heterocycles. The lowest BCUT2D eigenvalue weighted by atomic mass is 9.90. The average molecular weight is 288 g/mol. The third kappa shape index (κ3) is 3.07. The molecule has 1 fully saturated rings. The van der Waals surface area contributed by atoms with Crippen LogP contribution >= 0.6 is 0 Å². The molecule has 0 aromatic carbocycles. The van der Waals surface area contributed by atoms with Crippen LogP contribution in [-0.2, 0) is 8.85 Å². The van der Waals surface area contributed by atoms with Crippen molar-refractivity contribution in [2.24, 2.45) is 5.92 Å². The van der Waals surface area contributed by atoms with E-state index >= 15 is 0 Å². The molecule has 0 spiro atoms. The summed E-state index contributed by atoms with van der Waals surface area (Å²) < 4.78 is 14.8. The monoisotopic (exact) mass is 287 g/mol. The summed E-state index contributed by atoms with van der Waals surface area (Å²) in [5, 5.41) is 0.108. The summed E-state index contributed by atoms with van der Waals surface area (Å²) in [5.74, 6) is 0.654. The van der Waals surface area contributed by atoms with Crippen LogP contribution in [-0.4, -0.2) is 40.6 Å². The van der Waals surface area contributed by atoms with Gasteiger partial charge in [-0.3, -0.25) is 4.57 Å². The first kappa shape index (κ1) is 17.1. The third-order valence-electron chi connectivity index (χ3n) is 5.15. The van der Waals surface area contributed by atoms with Gasteiger partial charge in [0.25, 0.3) is 0 Å².